The van der Waals surface area contributed by atoms with E-state index in [9.17, 15) is 0 Å². The Morgan fingerprint density at radius 3 is 2.52 bits per heavy atom. The lowest BCUT2D eigenvalue weighted by Gasteiger charge is -2.22. The number of ether oxygens (including phenoxy) is 1. The molecule has 0 aliphatic heterocycles. The smallest absolute Gasteiger partial charge is 0.122 e. The van der Waals surface area contributed by atoms with E-state index in [4.69, 9.17) is 15.9 Å². The van der Waals surface area contributed by atoms with Gasteiger partial charge in [-0.25, -0.2) is 0 Å². The number of nitrogens with two attached hydrogens (primary N) is 1. The van der Waals surface area contributed by atoms with E-state index in [1.165, 1.54) is 11.1 Å². The molecular weight excluding hydrogens is 260 g/mol. The van der Waals surface area contributed by atoms with Crippen molar-refractivity contribution in [1.29, 1.82) is 5.41 Å². The van der Waals surface area contributed by atoms with Gasteiger partial charge in [0.25, 0.3) is 0 Å². The Morgan fingerprint density at radius 2 is 1.95 bits per heavy atom. The van der Waals surface area contributed by atoms with Crippen molar-refractivity contribution < 1.29 is 4.74 Å². The minimum atomic E-state index is -0.202. The monoisotopic (exact) mass is 290 g/mol. The molecule has 1 aromatic carbocycles. The summed E-state index contributed by atoms with van der Waals surface area (Å²) in [6, 6.07) is 6.42. The number of benzene rings is 1. The van der Waals surface area contributed by atoms with Crippen LogP contribution in [0, 0.1) is 17.7 Å². The molecule has 0 aliphatic rings. The second kappa shape index (κ2) is 7.48. The first-order chi connectivity index (χ1) is 9.74. The zero-order valence-electron chi connectivity index (χ0n) is 14.1. The molecule has 21 heavy (non-hydrogen) atoms. The molecule has 3 N–H and O–H groups in total. The lowest BCUT2D eigenvalue weighted by Crippen LogP contribution is -2.30. The molecule has 3 heteroatoms. The molecule has 0 aliphatic carbocycles. The maximum atomic E-state index is 7.56. The summed E-state index contributed by atoms with van der Waals surface area (Å²) in [5.41, 5.74) is 7.89. The van der Waals surface area contributed by atoms with Crippen LogP contribution in [0.3, 0.4) is 0 Å². The highest BCUT2D eigenvalue weighted by atomic mass is 16.5. The maximum absolute atomic E-state index is 7.56. The van der Waals surface area contributed by atoms with Crippen molar-refractivity contribution in [2.45, 2.75) is 59.8 Å². The minimum Gasteiger partial charge on any atom is -0.493 e. The standard InChI is InChI=1S/C18H30N2O/c1-13(2)15-9-8-14(3)12-16(15)21-11-7-6-10-18(4,5)17(19)20/h8-9,12-13H,6-7,10-11H2,1-5H3,(H3,19,20). The third kappa shape index (κ3) is 5.41. The number of amidine groups is 1. The molecule has 0 amide bonds. The average Bonchev–Trinajstić information content (AvgIpc) is 2.37. The Labute approximate surface area is 129 Å². The number of hydrogen-bond acceptors (Lipinski definition) is 2. The Bertz CT molecular complexity index is 478. The summed E-state index contributed by atoms with van der Waals surface area (Å²) in [5, 5.41) is 7.56. The van der Waals surface area contributed by atoms with Crippen LogP contribution < -0.4 is 10.5 Å². The van der Waals surface area contributed by atoms with Crippen molar-refractivity contribution in [3.05, 3.63) is 29.3 Å². The van der Waals surface area contributed by atoms with Gasteiger partial charge in [0.15, 0.2) is 0 Å². The van der Waals surface area contributed by atoms with Crippen molar-refractivity contribution in [2.75, 3.05) is 6.61 Å². The van der Waals surface area contributed by atoms with E-state index in [1.807, 2.05) is 13.8 Å². The zero-order valence-corrected chi connectivity index (χ0v) is 14.1. The van der Waals surface area contributed by atoms with Crippen molar-refractivity contribution >= 4 is 5.84 Å². The maximum Gasteiger partial charge on any atom is 0.122 e. The quantitative estimate of drug-likeness (QED) is 0.416. The number of rotatable bonds is 8. The highest BCUT2D eigenvalue weighted by Crippen LogP contribution is 2.28. The van der Waals surface area contributed by atoms with Crippen molar-refractivity contribution in [1.82, 2.24) is 0 Å². The predicted octanol–water partition coefficient (Wildman–Crippen LogP) is 4.63. The van der Waals surface area contributed by atoms with Gasteiger partial charge in [0.05, 0.1) is 12.4 Å². The van der Waals surface area contributed by atoms with E-state index < -0.39 is 0 Å². The molecule has 118 valence electrons. The fraction of sp³-hybridized carbons (Fsp3) is 0.611. The van der Waals surface area contributed by atoms with Crippen molar-refractivity contribution in [3.63, 3.8) is 0 Å². The molecule has 1 rings (SSSR count). The highest BCUT2D eigenvalue weighted by Gasteiger charge is 2.20. The second-order valence-corrected chi connectivity index (χ2v) is 6.80. The van der Waals surface area contributed by atoms with Crippen LogP contribution in [0.5, 0.6) is 5.75 Å². The van der Waals surface area contributed by atoms with Gasteiger partial charge in [0, 0.05) is 5.41 Å². The van der Waals surface area contributed by atoms with Crippen molar-refractivity contribution in [2.24, 2.45) is 11.1 Å². The molecule has 0 saturated heterocycles. The summed E-state index contributed by atoms with van der Waals surface area (Å²) in [7, 11) is 0. The van der Waals surface area contributed by atoms with E-state index in [0.717, 1.165) is 31.6 Å². The van der Waals surface area contributed by atoms with Gasteiger partial charge in [0.1, 0.15) is 5.75 Å². The van der Waals surface area contributed by atoms with Crippen LogP contribution in [0.2, 0.25) is 0 Å². The SMILES string of the molecule is Cc1ccc(C(C)C)c(OCCCCC(C)(C)C(=N)N)c1. The molecule has 0 saturated carbocycles. The Hall–Kier alpha value is -1.51. The summed E-state index contributed by atoms with van der Waals surface area (Å²) >= 11 is 0. The number of aryl methyl sites for hydroxylation is 1. The van der Waals surface area contributed by atoms with Crippen LogP contribution in [0.1, 0.15) is 64.0 Å². The lowest BCUT2D eigenvalue weighted by atomic mass is 9.86. The zero-order chi connectivity index (χ0) is 16.0. The van der Waals surface area contributed by atoms with Crippen LogP contribution in [0.15, 0.2) is 18.2 Å². The topological polar surface area (TPSA) is 59.1 Å². The molecular formula is C18H30N2O. The van der Waals surface area contributed by atoms with Gasteiger partial charge in [-0.15, -0.1) is 0 Å². The Morgan fingerprint density at radius 1 is 1.29 bits per heavy atom. The van der Waals surface area contributed by atoms with E-state index in [0.29, 0.717) is 5.92 Å². The molecule has 0 fully saturated rings. The summed E-state index contributed by atoms with van der Waals surface area (Å²) in [5.74, 6) is 1.75. The van der Waals surface area contributed by atoms with Gasteiger partial charge in [-0.3, -0.25) is 5.41 Å². The summed E-state index contributed by atoms with van der Waals surface area (Å²) in [6.07, 6.45) is 2.94. The normalized spacial score (nSPS) is 11.7. The van der Waals surface area contributed by atoms with Gasteiger partial charge < -0.3 is 10.5 Å². The third-order valence-corrected chi connectivity index (χ3v) is 3.97. The van der Waals surface area contributed by atoms with Gasteiger partial charge in [-0.05, 0) is 49.3 Å². The van der Waals surface area contributed by atoms with Gasteiger partial charge >= 0.3 is 0 Å². The second-order valence-electron chi connectivity index (χ2n) is 6.80. The molecule has 0 bridgehead atoms. The minimum absolute atomic E-state index is 0.202. The molecule has 0 unspecified atom stereocenters. The van der Waals surface area contributed by atoms with E-state index in [1.54, 1.807) is 0 Å². The molecule has 0 heterocycles. The first-order valence-corrected chi connectivity index (χ1v) is 7.82. The molecule has 3 nitrogen and oxygen atoms in total. The van der Waals surface area contributed by atoms with E-state index >= 15 is 0 Å². The average molecular weight is 290 g/mol. The highest BCUT2D eigenvalue weighted by molar-refractivity contribution is 5.82. The number of hydrogen-bond donors (Lipinski definition) is 2. The van der Waals surface area contributed by atoms with E-state index in [-0.39, 0.29) is 11.3 Å². The van der Waals surface area contributed by atoms with Crippen LogP contribution in [-0.2, 0) is 0 Å². The fourth-order valence-electron chi connectivity index (χ4n) is 2.23. The lowest BCUT2D eigenvalue weighted by molar-refractivity contribution is 0.292. The molecule has 0 radical (unpaired) electrons. The van der Waals surface area contributed by atoms with Crippen LogP contribution in [-0.4, -0.2) is 12.4 Å². The van der Waals surface area contributed by atoms with Gasteiger partial charge in [-0.2, -0.15) is 0 Å². The molecule has 1 aromatic rings. The Kier molecular flexibility index (Phi) is 6.25. The first-order valence-electron chi connectivity index (χ1n) is 7.82. The molecule has 0 aromatic heterocycles. The summed E-state index contributed by atoms with van der Waals surface area (Å²) in [4.78, 5) is 0. The van der Waals surface area contributed by atoms with Crippen LogP contribution in [0.25, 0.3) is 0 Å². The number of unbranched alkanes of at least 4 members (excludes halogenated alkanes) is 1. The fourth-order valence-corrected chi connectivity index (χ4v) is 2.23. The number of nitrogens with one attached hydrogen (secondary N) is 1. The molecule has 0 atom stereocenters. The first kappa shape index (κ1) is 17.5. The van der Waals surface area contributed by atoms with Gasteiger partial charge in [0.2, 0.25) is 0 Å². The van der Waals surface area contributed by atoms with Crippen LogP contribution in [0.4, 0.5) is 0 Å². The Balaban J connectivity index is 2.46. The van der Waals surface area contributed by atoms with Crippen LogP contribution >= 0.6 is 0 Å². The summed E-state index contributed by atoms with van der Waals surface area (Å²) < 4.78 is 5.97. The third-order valence-electron chi connectivity index (χ3n) is 3.97. The molecule has 0 spiro atoms. The summed E-state index contributed by atoms with van der Waals surface area (Å²) in [6.45, 7) is 11.2. The largest absolute Gasteiger partial charge is 0.493 e. The van der Waals surface area contributed by atoms with Crippen molar-refractivity contribution in [3.8, 4) is 5.75 Å². The van der Waals surface area contributed by atoms with Gasteiger partial charge in [-0.1, -0.05) is 39.8 Å². The van der Waals surface area contributed by atoms with E-state index in [2.05, 4.69) is 39.0 Å². The predicted molar refractivity (Wildman–Crippen MR) is 90.3 cm³/mol.